The van der Waals surface area contributed by atoms with Gasteiger partial charge in [-0.2, -0.15) is 0 Å². The predicted octanol–water partition coefficient (Wildman–Crippen LogP) is 4.10. The highest BCUT2D eigenvalue weighted by Crippen LogP contribution is 2.34. The first-order chi connectivity index (χ1) is 14.1. The second-order valence-electron chi connectivity index (χ2n) is 7.32. The van der Waals surface area contributed by atoms with E-state index < -0.39 is 0 Å². The van der Waals surface area contributed by atoms with E-state index in [0.29, 0.717) is 35.5 Å². The molecule has 8 heteroatoms. The van der Waals surface area contributed by atoms with Gasteiger partial charge in [-0.1, -0.05) is 25.3 Å². The molecule has 29 heavy (non-hydrogen) atoms. The van der Waals surface area contributed by atoms with Gasteiger partial charge in [-0.3, -0.25) is 5.32 Å². The molecule has 0 saturated heterocycles. The van der Waals surface area contributed by atoms with Crippen LogP contribution >= 0.6 is 11.3 Å². The maximum atomic E-state index is 12.2. The van der Waals surface area contributed by atoms with E-state index in [-0.39, 0.29) is 12.1 Å². The molecule has 2 aromatic rings. The van der Waals surface area contributed by atoms with E-state index in [9.17, 15) is 4.79 Å². The monoisotopic (exact) mass is 418 g/mol. The Hall–Kier alpha value is -2.32. The molecule has 158 valence electrons. The zero-order valence-electron chi connectivity index (χ0n) is 17.1. The third-order valence-electron chi connectivity index (χ3n) is 5.39. The number of amides is 2. The van der Waals surface area contributed by atoms with Crippen molar-refractivity contribution in [1.29, 1.82) is 0 Å². The van der Waals surface area contributed by atoms with Gasteiger partial charge in [-0.15, -0.1) is 11.3 Å². The number of rotatable bonds is 8. The fourth-order valence-corrected chi connectivity index (χ4v) is 4.48. The summed E-state index contributed by atoms with van der Waals surface area (Å²) < 4.78 is 10.5. The molecule has 1 aromatic carbocycles. The van der Waals surface area contributed by atoms with Crippen molar-refractivity contribution in [3.05, 3.63) is 34.8 Å². The van der Waals surface area contributed by atoms with Gasteiger partial charge in [0, 0.05) is 11.9 Å². The quantitative estimate of drug-likeness (QED) is 0.599. The van der Waals surface area contributed by atoms with Gasteiger partial charge in [-0.05, 0) is 42.9 Å². The summed E-state index contributed by atoms with van der Waals surface area (Å²) in [5, 5.41) is 8.20. The van der Waals surface area contributed by atoms with E-state index in [1.54, 1.807) is 14.2 Å². The normalized spacial score (nSPS) is 15.6. The molecule has 1 aliphatic rings. The Morgan fingerprint density at radius 1 is 1.24 bits per heavy atom. The maximum Gasteiger partial charge on any atom is 0.321 e. The van der Waals surface area contributed by atoms with Crippen molar-refractivity contribution >= 4 is 22.5 Å². The summed E-state index contributed by atoms with van der Waals surface area (Å²) in [7, 11) is 3.21. The smallest absolute Gasteiger partial charge is 0.321 e. The van der Waals surface area contributed by atoms with Gasteiger partial charge in [0.15, 0.2) is 16.6 Å². The van der Waals surface area contributed by atoms with Crippen molar-refractivity contribution in [3.8, 4) is 11.5 Å². The van der Waals surface area contributed by atoms with Crippen LogP contribution in [0.25, 0.3) is 0 Å². The molecule has 1 aromatic heterocycles. The van der Waals surface area contributed by atoms with Gasteiger partial charge in [0.1, 0.15) is 0 Å². The molecular formula is C21H30N4O3S. The molecule has 0 aliphatic heterocycles. The number of thiazole rings is 1. The molecule has 1 aliphatic carbocycles. The van der Waals surface area contributed by atoms with Gasteiger partial charge in [0.05, 0.1) is 26.0 Å². The third-order valence-corrected chi connectivity index (χ3v) is 6.16. The number of carbonyl (C=O) groups excluding carboxylic acids is 1. The summed E-state index contributed by atoms with van der Waals surface area (Å²) in [6.07, 6.45) is 6.81. The first kappa shape index (κ1) is 21.4. The van der Waals surface area contributed by atoms with Gasteiger partial charge < -0.3 is 20.5 Å². The number of aromatic nitrogens is 1. The summed E-state index contributed by atoms with van der Waals surface area (Å²) >= 11 is 1.42. The number of nitrogens with zero attached hydrogens (tertiary/aromatic N) is 1. The standard InChI is InChI=1S/C21H30N4O3S/c1-27-17-9-8-14(12-18(17)28-2)10-11-23-20(26)25-21-24-16(13-29-21)19(22)15-6-4-3-5-7-15/h8-9,12-13,15,19H,3-7,10-11,22H2,1-2H3,(H2,23,24,25,26). The fraction of sp³-hybridized carbons (Fsp3) is 0.524. The van der Waals surface area contributed by atoms with Crippen LogP contribution in [0.1, 0.15) is 49.4 Å². The minimum absolute atomic E-state index is 0.0461. The number of anilines is 1. The summed E-state index contributed by atoms with van der Waals surface area (Å²) in [6.45, 7) is 0.501. The van der Waals surface area contributed by atoms with Crippen molar-refractivity contribution in [2.45, 2.75) is 44.6 Å². The Morgan fingerprint density at radius 2 is 2.00 bits per heavy atom. The second kappa shape index (κ2) is 10.5. The first-order valence-corrected chi connectivity index (χ1v) is 11.0. The Bertz CT molecular complexity index is 805. The average Bonchev–Trinajstić information content (AvgIpc) is 3.22. The average molecular weight is 419 g/mol. The SMILES string of the molecule is COc1ccc(CCNC(=O)Nc2nc(C(N)C3CCCCC3)cs2)cc1OC. The molecule has 0 spiro atoms. The second-order valence-corrected chi connectivity index (χ2v) is 8.18. The minimum Gasteiger partial charge on any atom is -0.493 e. The molecule has 0 bridgehead atoms. The largest absolute Gasteiger partial charge is 0.493 e. The fourth-order valence-electron chi connectivity index (χ4n) is 3.73. The van der Waals surface area contributed by atoms with Crippen molar-refractivity contribution in [3.63, 3.8) is 0 Å². The number of hydrogen-bond acceptors (Lipinski definition) is 6. The molecule has 4 N–H and O–H groups in total. The van der Waals surface area contributed by atoms with Crippen LogP contribution < -0.4 is 25.8 Å². The molecule has 7 nitrogen and oxygen atoms in total. The van der Waals surface area contributed by atoms with E-state index >= 15 is 0 Å². The molecule has 1 atom stereocenters. The number of ether oxygens (including phenoxy) is 2. The highest BCUT2D eigenvalue weighted by atomic mass is 32.1. The third kappa shape index (κ3) is 5.83. The lowest BCUT2D eigenvalue weighted by atomic mass is 9.83. The van der Waals surface area contributed by atoms with E-state index in [4.69, 9.17) is 15.2 Å². The summed E-state index contributed by atoms with van der Waals surface area (Å²) in [4.78, 5) is 16.7. The molecule has 1 unspecified atom stereocenters. The molecular weight excluding hydrogens is 388 g/mol. The van der Waals surface area contributed by atoms with Crippen molar-refractivity contribution in [2.24, 2.45) is 11.7 Å². The zero-order chi connectivity index (χ0) is 20.6. The van der Waals surface area contributed by atoms with Gasteiger partial charge in [0.25, 0.3) is 0 Å². The van der Waals surface area contributed by atoms with Crippen molar-refractivity contribution in [2.75, 3.05) is 26.1 Å². The summed E-state index contributed by atoms with van der Waals surface area (Å²) in [5.41, 5.74) is 8.33. The van der Waals surface area contributed by atoms with Crippen LogP contribution in [0.15, 0.2) is 23.6 Å². The highest BCUT2D eigenvalue weighted by molar-refractivity contribution is 7.13. The number of nitrogens with two attached hydrogens (primary N) is 1. The van der Waals surface area contributed by atoms with Gasteiger partial charge in [-0.25, -0.2) is 9.78 Å². The van der Waals surface area contributed by atoms with Crippen LogP contribution in [-0.2, 0) is 6.42 Å². The predicted molar refractivity (Wildman–Crippen MR) is 116 cm³/mol. The van der Waals surface area contributed by atoms with E-state index in [1.165, 1.54) is 30.6 Å². The molecule has 1 saturated carbocycles. The lowest BCUT2D eigenvalue weighted by molar-refractivity contribution is 0.252. The lowest BCUT2D eigenvalue weighted by Gasteiger charge is -2.26. The number of carbonyl (C=O) groups is 1. The van der Waals surface area contributed by atoms with Crippen molar-refractivity contribution < 1.29 is 14.3 Å². The van der Waals surface area contributed by atoms with E-state index in [1.807, 2.05) is 23.6 Å². The van der Waals surface area contributed by atoms with Crippen molar-refractivity contribution in [1.82, 2.24) is 10.3 Å². The molecule has 0 radical (unpaired) electrons. The number of nitrogens with one attached hydrogen (secondary N) is 2. The Labute approximate surface area is 176 Å². The number of urea groups is 1. The Morgan fingerprint density at radius 3 is 2.72 bits per heavy atom. The zero-order valence-corrected chi connectivity index (χ0v) is 17.9. The molecule has 3 rings (SSSR count). The number of methoxy groups -OCH3 is 2. The topological polar surface area (TPSA) is 98.5 Å². The summed E-state index contributed by atoms with van der Waals surface area (Å²) in [6, 6.07) is 5.42. The van der Waals surface area contributed by atoms with Gasteiger partial charge >= 0.3 is 6.03 Å². The van der Waals surface area contributed by atoms with Crippen LogP contribution in [-0.4, -0.2) is 31.8 Å². The minimum atomic E-state index is -0.266. The summed E-state index contributed by atoms with van der Waals surface area (Å²) in [5.74, 6) is 1.86. The highest BCUT2D eigenvalue weighted by Gasteiger charge is 2.24. The van der Waals surface area contributed by atoms with Gasteiger partial charge in [0.2, 0.25) is 0 Å². The molecule has 1 heterocycles. The van der Waals surface area contributed by atoms with Crippen LogP contribution in [0.5, 0.6) is 11.5 Å². The van der Waals surface area contributed by atoms with Crippen LogP contribution in [0.3, 0.4) is 0 Å². The first-order valence-electron chi connectivity index (χ1n) is 10.1. The van der Waals surface area contributed by atoms with Crippen LogP contribution in [0.4, 0.5) is 9.93 Å². The van der Waals surface area contributed by atoms with E-state index in [2.05, 4.69) is 15.6 Å². The van der Waals surface area contributed by atoms with Crippen LogP contribution in [0.2, 0.25) is 0 Å². The number of benzene rings is 1. The maximum absolute atomic E-state index is 12.2. The number of hydrogen-bond donors (Lipinski definition) is 3. The van der Waals surface area contributed by atoms with E-state index in [0.717, 1.165) is 24.1 Å². The Kier molecular flexibility index (Phi) is 7.71. The molecule has 2 amide bonds. The Balaban J connectivity index is 1.46. The molecule has 1 fully saturated rings. The van der Waals surface area contributed by atoms with Crippen LogP contribution in [0, 0.1) is 5.92 Å². The lowest BCUT2D eigenvalue weighted by Crippen LogP contribution is -2.30.